The van der Waals surface area contributed by atoms with Crippen LogP contribution in [0.25, 0.3) is 10.9 Å². The van der Waals surface area contributed by atoms with Crippen LogP contribution in [0, 0.1) is 0 Å². The van der Waals surface area contributed by atoms with E-state index >= 15 is 0 Å². The number of esters is 1. The fraction of sp³-hybridized carbons (Fsp3) is 0.150. The second-order valence-corrected chi connectivity index (χ2v) is 6.20. The Balaban J connectivity index is 1.64. The summed E-state index contributed by atoms with van der Waals surface area (Å²) in [5, 5.41) is 0.950. The van der Waals surface area contributed by atoms with Gasteiger partial charge < -0.3 is 9.72 Å². The average Bonchev–Trinajstić information content (AvgIpc) is 3.16. The number of carbonyl (C=O) groups excluding carboxylic acids is 3. The van der Waals surface area contributed by atoms with Crippen LogP contribution in [0.2, 0.25) is 0 Å². The van der Waals surface area contributed by atoms with Crippen molar-refractivity contribution in [2.45, 2.75) is 19.3 Å². The molecule has 0 radical (unpaired) electrons. The first-order valence-electron chi connectivity index (χ1n) is 8.26. The number of benzene rings is 2. The summed E-state index contributed by atoms with van der Waals surface area (Å²) in [5.74, 6) is -1.06. The summed E-state index contributed by atoms with van der Waals surface area (Å²) < 4.78 is 4.98. The van der Waals surface area contributed by atoms with Crippen molar-refractivity contribution in [2.24, 2.45) is 0 Å². The van der Waals surface area contributed by atoms with Crippen molar-refractivity contribution in [2.75, 3.05) is 4.90 Å². The summed E-state index contributed by atoms with van der Waals surface area (Å²) in [7, 11) is 0. The number of rotatable bonds is 3. The van der Waals surface area contributed by atoms with Gasteiger partial charge in [0.25, 0.3) is 0 Å². The van der Waals surface area contributed by atoms with E-state index in [-0.39, 0.29) is 18.2 Å². The Morgan fingerprint density at radius 1 is 1.12 bits per heavy atom. The fourth-order valence-electron chi connectivity index (χ4n) is 3.36. The van der Waals surface area contributed by atoms with Crippen LogP contribution in [0.3, 0.4) is 0 Å². The standard InChI is InChI=1S/C20H16N2O4/c1-12(23)26-14-8-6-13(7-9-14)22-19(24)10-16(20(22)25)17-11-21-18-5-3-2-4-15(17)18/h2-9,11,16,21H,10H2,1H3/t16-/m1/s1. The van der Waals surface area contributed by atoms with Crippen molar-refractivity contribution < 1.29 is 19.1 Å². The molecular weight excluding hydrogens is 332 g/mol. The van der Waals surface area contributed by atoms with E-state index in [1.54, 1.807) is 30.5 Å². The van der Waals surface area contributed by atoms with Crippen LogP contribution in [0.15, 0.2) is 54.7 Å². The van der Waals surface area contributed by atoms with Gasteiger partial charge in [0.2, 0.25) is 11.8 Å². The molecule has 0 saturated carbocycles. The van der Waals surface area contributed by atoms with Gasteiger partial charge in [0, 0.05) is 30.4 Å². The molecule has 1 fully saturated rings. The SMILES string of the molecule is CC(=O)Oc1ccc(N2C(=O)C[C@H](c3c[nH]c4ccccc34)C2=O)cc1. The molecule has 2 heterocycles. The van der Waals surface area contributed by atoms with Gasteiger partial charge >= 0.3 is 5.97 Å². The smallest absolute Gasteiger partial charge is 0.308 e. The van der Waals surface area contributed by atoms with E-state index < -0.39 is 11.9 Å². The molecule has 2 aromatic carbocycles. The predicted octanol–water partition coefficient (Wildman–Crippen LogP) is 3.14. The molecule has 1 aromatic heterocycles. The number of fused-ring (bicyclic) bond motifs is 1. The number of aromatic nitrogens is 1. The lowest BCUT2D eigenvalue weighted by Crippen LogP contribution is -2.29. The van der Waals surface area contributed by atoms with E-state index in [2.05, 4.69) is 4.98 Å². The van der Waals surface area contributed by atoms with Crippen molar-refractivity contribution in [3.05, 3.63) is 60.3 Å². The number of ether oxygens (including phenoxy) is 1. The van der Waals surface area contributed by atoms with Crippen LogP contribution in [0.5, 0.6) is 5.75 Å². The first-order valence-corrected chi connectivity index (χ1v) is 8.26. The van der Waals surface area contributed by atoms with Crippen LogP contribution in [0.4, 0.5) is 5.69 Å². The number of imide groups is 1. The Kier molecular flexibility index (Phi) is 3.80. The molecule has 1 aliphatic heterocycles. The number of nitrogens with zero attached hydrogens (tertiary/aromatic N) is 1. The van der Waals surface area contributed by atoms with Crippen molar-refractivity contribution in [3.63, 3.8) is 0 Å². The number of hydrogen-bond donors (Lipinski definition) is 1. The number of aromatic amines is 1. The van der Waals surface area contributed by atoms with E-state index in [1.807, 2.05) is 24.3 Å². The van der Waals surface area contributed by atoms with Crippen molar-refractivity contribution in [1.82, 2.24) is 4.98 Å². The Labute approximate surface area is 149 Å². The van der Waals surface area contributed by atoms with Gasteiger partial charge in [-0.3, -0.25) is 19.3 Å². The molecule has 26 heavy (non-hydrogen) atoms. The molecule has 1 saturated heterocycles. The van der Waals surface area contributed by atoms with Crippen molar-refractivity contribution in [3.8, 4) is 5.75 Å². The number of para-hydroxylation sites is 1. The Hall–Kier alpha value is -3.41. The number of amides is 2. The molecule has 2 amide bonds. The number of hydrogen-bond acceptors (Lipinski definition) is 4. The highest BCUT2D eigenvalue weighted by molar-refractivity contribution is 6.23. The zero-order valence-corrected chi connectivity index (χ0v) is 14.1. The maximum atomic E-state index is 12.9. The minimum Gasteiger partial charge on any atom is -0.427 e. The van der Waals surface area contributed by atoms with Crippen LogP contribution in [0.1, 0.15) is 24.8 Å². The van der Waals surface area contributed by atoms with Gasteiger partial charge in [-0.05, 0) is 35.9 Å². The van der Waals surface area contributed by atoms with Gasteiger partial charge in [-0.25, -0.2) is 0 Å². The minimum absolute atomic E-state index is 0.131. The van der Waals surface area contributed by atoms with Gasteiger partial charge in [0.15, 0.2) is 0 Å². The Morgan fingerprint density at radius 3 is 2.58 bits per heavy atom. The van der Waals surface area contributed by atoms with Crippen LogP contribution in [-0.4, -0.2) is 22.8 Å². The Morgan fingerprint density at radius 2 is 1.85 bits per heavy atom. The molecule has 0 bridgehead atoms. The van der Waals surface area contributed by atoms with Crippen LogP contribution >= 0.6 is 0 Å². The average molecular weight is 348 g/mol. The van der Waals surface area contributed by atoms with Crippen LogP contribution in [-0.2, 0) is 14.4 Å². The highest BCUT2D eigenvalue weighted by Crippen LogP contribution is 2.36. The second kappa shape index (κ2) is 6.15. The molecule has 130 valence electrons. The lowest BCUT2D eigenvalue weighted by Gasteiger charge is -2.15. The third-order valence-corrected chi connectivity index (χ3v) is 4.50. The summed E-state index contributed by atoms with van der Waals surface area (Å²) in [6.45, 7) is 1.31. The summed E-state index contributed by atoms with van der Waals surface area (Å²) in [6.07, 6.45) is 1.93. The molecule has 1 N–H and O–H groups in total. The molecule has 1 aliphatic rings. The highest BCUT2D eigenvalue weighted by Gasteiger charge is 2.41. The van der Waals surface area contributed by atoms with E-state index in [9.17, 15) is 14.4 Å². The first kappa shape index (κ1) is 16.1. The Bertz CT molecular complexity index is 1020. The summed E-state index contributed by atoms with van der Waals surface area (Å²) in [4.78, 5) is 40.8. The predicted molar refractivity (Wildman–Crippen MR) is 95.9 cm³/mol. The molecule has 3 aromatic rings. The number of H-pyrrole nitrogens is 1. The van der Waals surface area contributed by atoms with E-state index in [4.69, 9.17) is 4.74 Å². The van der Waals surface area contributed by atoms with Crippen molar-refractivity contribution >= 4 is 34.4 Å². The molecule has 0 unspecified atom stereocenters. The third kappa shape index (κ3) is 2.65. The molecule has 1 atom stereocenters. The monoisotopic (exact) mass is 348 g/mol. The fourth-order valence-corrected chi connectivity index (χ4v) is 3.36. The second-order valence-electron chi connectivity index (χ2n) is 6.20. The summed E-state index contributed by atoms with van der Waals surface area (Å²) in [5.41, 5.74) is 2.24. The summed E-state index contributed by atoms with van der Waals surface area (Å²) >= 11 is 0. The van der Waals surface area contributed by atoms with Gasteiger partial charge in [-0.1, -0.05) is 18.2 Å². The van der Waals surface area contributed by atoms with Gasteiger partial charge in [0.05, 0.1) is 11.6 Å². The van der Waals surface area contributed by atoms with E-state index in [1.165, 1.54) is 11.8 Å². The first-order chi connectivity index (χ1) is 12.5. The maximum absolute atomic E-state index is 12.9. The quantitative estimate of drug-likeness (QED) is 0.448. The number of anilines is 1. The number of carbonyl (C=O) groups is 3. The maximum Gasteiger partial charge on any atom is 0.308 e. The van der Waals surface area contributed by atoms with Gasteiger partial charge in [-0.15, -0.1) is 0 Å². The molecule has 4 rings (SSSR count). The largest absolute Gasteiger partial charge is 0.427 e. The molecule has 0 aliphatic carbocycles. The zero-order valence-electron chi connectivity index (χ0n) is 14.1. The summed E-state index contributed by atoms with van der Waals surface area (Å²) in [6, 6.07) is 14.0. The van der Waals surface area contributed by atoms with Crippen LogP contribution < -0.4 is 9.64 Å². The molecule has 6 nitrogen and oxygen atoms in total. The number of nitrogens with one attached hydrogen (secondary N) is 1. The topological polar surface area (TPSA) is 79.5 Å². The van der Waals surface area contributed by atoms with E-state index in [0.29, 0.717) is 11.4 Å². The third-order valence-electron chi connectivity index (χ3n) is 4.50. The molecular formula is C20H16N2O4. The van der Waals surface area contributed by atoms with Gasteiger partial charge in [-0.2, -0.15) is 0 Å². The molecule has 6 heteroatoms. The highest BCUT2D eigenvalue weighted by atomic mass is 16.5. The zero-order chi connectivity index (χ0) is 18.3. The van der Waals surface area contributed by atoms with Gasteiger partial charge in [0.1, 0.15) is 5.75 Å². The minimum atomic E-state index is -0.508. The molecule has 0 spiro atoms. The van der Waals surface area contributed by atoms with Crippen molar-refractivity contribution in [1.29, 1.82) is 0 Å². The normalized spacial score (nSPS) is 17.1. The van der Waals surface area contributed by atoms with E-state index in [0.717, 1.165) is 16.5 Å². The lowest BCUT2D eigenvalue weighted by atomic mass is 9.97. The lowest BCUT2D eigenvalue weighted by molar-refractivity contribution is -0.132.